The van der Waals surface area contributed by atoms with Crippen LogP contribution in [0.2, 0.25) is 0 Å². The molecule has 2 heterocycles. The number of ether oxygens (including phenoxy) is 6. The van der Waals surface area contributed by atoms with Gasteiger partial charge in [-0.15, -0.1) is 0 Å². The van der Waals surface area contributed by atoms with Gasteiger partial charge < -0.3 is 64.2 Å². The van der Waals surface area contributed by atoms with E-state index >= 15 is 0 Å². The Morgan fingerprint density at radius 2 is 0.985 bits per heavy atom. The lowest BCUT2D eigenvalue weighted by Gasteiger charge is -2.42. The predicted octanol–water partition coefficient (Wildman–Crippen LogP) is 7.57. The van der Waals surface area contributed by atoms with Crippen molar-refractivity contribution in [1.82, 2.24) is 0 Å². The molecule has 2 aliphatic heterocycles. The van der Waals surface area contributed by atoms with Gasteiger partial charge >= 0.3 is 5.97 Å². The van der Waals surface area contributed by atoms with Gasteiger partial charge in [0.15, 0.2) is 12.6 Å². The van der Waals surface area contributed by atoms with Gasteiger partial charge in [-0.1, -0.05) is 165 Å². The van der Waals surface area contributed by atoms with Crippen molar-refractivity contribution >= 4 is 5.97 Å². The minimum atomic E-state index is -1.71. The van der Waals surface area contributed by atoms with Crippen LogP contribution in [0.25, 0.3) is 0 Å². The highest BCUT2D eigenvalue weighted by Crippen LogP contribution is 2.26. The Labute approximate surface area is 397 Å². The zero-order valence-electron chi connectivity index (χ0n) is 40.7. The molecule has 0 amide bonds. The fourth-order valence-electron chi connectivity index (χ4n) is 7.92. The van der Waals surface area contributed by atoms with Gasteiger partial charge in [-0.25, -0.2) is 0 Å². The summed E-state index contributed by atoms with van der Waals surface area (Å²) in [5.74, 6) is -0.387. The minimum Gasteiger partial charge on any atom is -0.457 e. The molecule has 0 bridgehead atoms. The van der Waals surface area contributed by atoms with Gasteiger partial charge in [0.2, 0.25) is 0 Å². The number of esters is 1. The Balaban J connectivity index is 1.78. The molecule has 7 N–H and O–H groups in total. The number of unbranched alkanes of at least 4 members (excludes halogenated alkanes) is 18. The Hall–Kier alpha value is -2.05. The minimum absolute atomic E-state index is 0.0409. The number of rotatable bonds is 40. The Morgan fingerprint density at radius 3 is 1.53 bits per heavy atom. The molecule has 2 saturated heterocycles. The molecular formula is C52H92O14. The van der Waals surface area contributed by atoms with E-state index in [1.165, 1.54) is 77.0 Å². The SMILES string of the molecule is CC/C=C\C/C=C\C/C=C\C/C=C\CCCCCOCC(COC1OC(COC2OC(CO)C(O)C(O)C2O)C(O)C(O)C1O)OC(=O)CCCCCCCCCCCCCCCCCC. The lowest BCUT2D eigenvalue weighted by molar-refractivity contribution is -0.332. The number of aliphatic hydroxyl groups is 7. The number of hydrogen-bond acceptors (Lipinski definition) is 14. The van der Waals surface area contributed by atoms with Crippen LogP contribution in [0.4, 0.5) is 0 Å². The van der Waals surface area contributed by atoms with Crippen molar-refractivity contribution < 1.29 is 69.0 Å². The molecule has 2 fully saturated rings. The first kappa shape index (κ1) is 60.1. The largest absolute Gasteiger partial charge is 0.457 e. The van der Waals surface area contributed by atoms with Crippen molar-refractivity contribution in [2.75, 3.05) is 33.0 Å². The van der Waals surface area contributed by atoms with Crippen LogP contribution in [-0.2, 0) is 33.2 Å². The Bertz CT molecular complexity index is 1280. The van der Waals surface area contributed by atoms with Crippen LogP contribution in [0.1, 0.15) is 174 Å². The number of carbonyl (C=O) groups is 1. The van der Waals surface area contributed by atoms with Gasteiger partial charge in [-0.2, -0.15) is 0 Å². The lowest BCUT2D eigenvalue weighted by Crippen LogP contribution is -2.61. The molecule has 2 aliphatic rings. The van der Waals surface area contributed by atoms with Gasteiger partial charge in [-0.05, 0) is 51.4 Å². The summed E-state index contributed by atoms with van der Waals surface area (Å²) in [5, 5.41) is 72.1. The molecule has 2 rings (SSSR count). The third kappa shape index (κ3) is 27.2. The van der Waals surface area contributed by atoms with E-state index in [9.17, 15) is 40.5 Å². The second kappa shape index (κ2) is 39.8. The fourth-order valence-corrected chi connectivity index (χ4v) is 7.92. The highest BCUT2D eigenvalue weighted by Gasteiger charge is 2.47. The summed E-state index contributed by atoms with van der Waals surface area (Å²) in [4.78, 5) is 13.0. The summed E-state index contributed by atoms with van der Waals surface area (Å²) < 4.78 is 34.2. The summed E-state index contributed by atoms with van der Waals surface area (Å²) >= 11 is 0. The molecular weight excluding hydrogens is 849 g/mol. The van der Waals surface area contributed by atoms with Gasteiger partial charge in [0, 0.05) is 13.0 Å². The van der Waals surface area contributed by atoms with E-state index in [4.69, 9.17) is 28.4 Å². The number of allylic oxidation sites excluding steroid dienone is 8. The van der Waals surface area contributed by atoms with Gasteiger partial charge in [0.05, 0.1) is 26.4 Å². The number of aliphatic hydroxyl groups excluding tert-OH is 7. The highest BCUT2D eigenvalue weighted by atomic mass is 16.7. The van der Waals surface area contributed by atoms with E-state index in [0.717, 1.165) is 70.6 Å². The van der Waals surface area contributed by atoms with Crippen molar-refractivity contribution in [3.05, 3.63) is 48.6 Å². The first-order valence-electron chi connectivity index (χ1n) is 25.7. The molecule has 14 nitrogen and oxygen atoms in total. The average Bonchev–Trinajstić information content (AvgIpc) is 3.31. The normalized spacial score (nSPS) is 26.7. The fraction of sp³-hybridized carbons (Fsp3) is 0.827. The van der Waals surface area contributed by atoms with Crippen molar-refractivity contribution in [2.24, 2.45) is 0 Å². The average molecular weight is 941 g/mol. The summed E-state index contributed by atoms with van der Waals surface area (Å²) in [6.45, 7) is 3.50. The summed E-state index contributed by atoms with van der Waals surface area (Å²) in [6.07, 6.45) is 28.9. The molecule has 0 radical (unpaired) electrons. The van der Waals surface area contributed by atoms with E-state index in [1.807, 2.05) is 0 Å². The first-order chi connectivity index (χ1) is 32.1. The summed E-state index contributed by atoms with van der Waals surface area (Å²) in [5.41, 5.74) is 0. The molecule has 0 spiro atoms. The van der Waals surface area contributed by atoms with Crippen LogP contribution in [0.5, 0.6) is 0 Å². The van der Waals surface area contributed by atoms with Crippen LogP contribution in [-0.4, -0.2) is 142 Å². The molecule has 0 saturated carbocycles. The maximum Gasteiger partial charge on any atom is 0.306 e. The monoisotopic (exact) mass is 941 g/mol. The van der Waals surface area contributed by atoms with Gasteiger partial charge in [0.1, 0.15) is 54.9 Å². The molecule has 0 aromatic heterocycles. The second-order valence-electron chi connectivity index (χ2n) is 18.0. The van der Waals surface area contributed by atoms with Crippen LogP contribution in [0, 0.1) is 0 Å². The van der Waals surface area contributed by atoms with E-state index < -0.39 is 80.7 Å². The number of hydrogen-bond donors (Lipinski definition) is 7. The van der Waals surface area contributed by atoms with E-state index in [2.05, 4.69) is 62.5 Å². The van der Waals surface area contributed by atoms with E-state index in [-0.39, 0.29) is 25.6 Å². The predicted molar refractivity (Wildman–Crippen MR) is 256 cm³/mol. The quantitative estimate of drug-likeness (QED) is 0.0179. The zero-order chi connectivity index (χ0) is 48.0. The smallest absolute Gasteiger partial charge is 0.306 e. The third-order valence-electron chi connectivity index (χ3n) is 12.1. The van der Waals surface area contributed by atoms with Crippen molar-refractivity contribution in [1.29, 1.82) is 0 Å². The molecule has 11 atom stereocenters. The summed E-state index contributed by atoms with van der Waals surface area (Å²) in [6, 6.07) is 0. The van der Waals surface area contributed by atoms with Gasteiger partial charge in [-0.3, -0.25) is 4.79 Å². The Kier molecular flexibility index (Phi) is 36.2. The number of carbonyl (C=O) groups excluding carboxylic acids is 1. The third-order valence-corrected chi connectivity index (χ3v) is 12.1. The standard InChI is InChI=1S/C52H92O14/c1-3-5-7-9-11-13-15-17-19-21-23-25-27-29-31-33-35-44(54)64-41(38-61-36-34-32-30-28-26-24-22-20-18-16-14-12-10-8-6-4-2)39-62-51-50(60)48(58)46(56)43(66-51)40-63-52-49(59)47(57)45(55)42(37-53)65-52/h6,8,12,14,18,20,24,26,41-43,45-53,55-60H,3-5,7,9-11,13,15-17,19,21-23,25,27-40H2,1-2H3/b8-6-,14-12-,20-18-,26-24-. The second-order valence-corrected chi connectivity index (χ2v) is 18.0. The molecule has 11 unspecified atom stereocenters. The van der Waals surface area contributed by atoms with Crippen LogP contribution >= 0.6 is 0 Å². The topological polar surface area (TPSA) is 214 Å². The van der Waals surface area contributed by atoms with Crippen molar-refractivity contribution in [3.63, 3.8) is 0 Å². The maximum absolute atomic E-state index is 13.0. The Morgan fingerprint density at radius 1 is 0.515 bits per heavy atom. The maximum atomic E-state index is 13.0. The van der Waals surface area contributed by atoms with Gasteiger partial charge in [0.25, 0.3) is 0 Å². The molecule has 384 valence electrons. The molecule has 0 aromatic rings. The lowest BCUT2D eigenvalue weighted by atomic mass is 9.98. The molecule has 0 aliphatic carbocycles. The van der Waals surface area contributed by atoms with Crippen molar-refractivity contribution in [2.45, 2.75) is 242 Å². The highest BCUT2D eigenvalue weighted by molar-refractivity contribution is 5.69. The zero-order valence-corrected chi connectivity index (χ0v) is 40.7. The van der Waals surface area contributed by atoms with Crippen LogP contribution in [0.3, 0.4) is 0 Å². The first-order valence-corrected chi connectivity index (χ1v) is 25.7. The van der Waals surface area contributed by atoms with Crippen molar-refractivity contribution in [3.8, 4) is 0 Å². The molecule has 66 heavy (non-hydrogen) atoms. The van der Waals surface area contributed by atoms with E-state index in [0.29, 0.717) is 13.0 Å². The molecule has 14 heteroatoms. The molecule has 0 aromatic carbocycles. The van der Waals surface area contributed by atoms with Crippen LogP contribution in [0.15, 0.2) is 48.6 Å². The van der Waals surface area contributed by atoms with E-state index in [1.54, 1.807) is 0 Å². The van der Waals surface area contributed by atoms with Crippen LogP contribution < -0.4 is 0 Å². The summed E-state index contributed by atoms with van der Waals surface area (Å²) in [7, 11) is 0.